The average molecular weight is 399 g/mol. The molecule has 1 aliphatic rings. The second-order valence-electron chi connectivity index (χ2n) is 7.65. The van der Waals surface area contributed by atoms with E-state index < -0.39 is 0 Å². The number of piperazine rings is 1. The fraction of sp³-hybridized carbons (Fsp3) is 0.409. The van der Waals surface area contributed by atoms with Gasteiger partial charge in [-0.05, 0) is 73.7 Å². The maximum atomic E-state index is 5.71. The van der Waals surface area contributed by atoms with Gasteiger partial charge in [-0.25, -0.2) is 0 Å². The lowest BCUT2D eigenvalue weighted by Crippen LogP contribution is -2.44. The quantitative estimate of drug-likeness (QED) is 0.708. The number of rotatable bonds is 6. The molecule has 2 aromatic rings. The fourth-order valence-electron chi connectivity index (χ4n) is 3.01. The topological polar surface area (TPSA) is 39.8 Å². The molecular formula is C22H30N4OS. The van der Waals surface area contributed by atoms with E-state index in [0.717, 1.165) is 49.9 Å². The summed E-state index contributed by atoms with van der Waals surface area (Å²) < 4.78 is 5.71. The molecule has 0 unspecified atom stereocenters. The van der Waals surface area contributed by atoms with Gasteiger partial charge in [0.05, 0.1) is 6.61 Å². The van der Waals surface area contributed by atoms with Gasteiger partial charge in [0, 0.05) is 43.2 Å². The Labute approximate surface area is 173 Å². The van der Waals surface area contributed by atoms with Crippen LogP contribution >= 0.6 is 12.2 Å². The van der Waals surface area contributed by atoms with E-state index >= 15 is 0 Å². The SMILES string of the molecule is CC(C)COc1ccc(NC(=S)Nc2ccc(N3CCN(C)CC3)cc2)cc1. The van der Waals surface area contributed by atoms with E-state index in [0.29, 0.717) is 11.0 Å². The lowest BCUT2D eigenvalue weighted by Gasteiger charge is -2.34. The van der Waals surface area contributed by atoms with E-state index in [-0.39, 0.29) is 0 Å². The van der Waals surface area contributed by atoms with Gasteiger partial charge in [-0.3, -0.25) is 0 Å². The molecule has 1 saturated heterocycles. The van der Waals surface area contributed by atoms with Crippen LogP contribution in [0.25, 0.3) is 0 Å². The minimum Gasteiger partial charge on any atom is -0.493 e. The first-order valence-electron chi connectivity index (χ1n) is 9.84. The maximum absolute atomic E-state index is 5.71. The molecule has 0 aromatic heterocycles. The molecule has 2 aromatic carbocycles. The molecule has 1 aliphatic heterocycles. The van der Waals surface area contributed by atoms with Crippen LogP contribution in [-0.4, -0.2) is 49.8 Å². The number of anilines is 3. The van der Waals surface area contributed by atoms with E-state index in [1.165, 1.54) is 5.69 Å². The highest BCUT2D eigenvalue weighted by Gasteiger charge is 2.14. The molecule has 1 heterocycles. The van der Waals surface area contributed by atoms with Crippen molar-refractivity contribution in [1.29, 1.82) is 0 Å². The van der Waals surface area contributed by atoms with Gasteiger partial charge >= 0.3 is 0 Å². The molecule has 0 aliphatic carbocycles. The molecule has 0 atom stereocenters. The molecule has 1 fully saturated rings. The Morgan fingerprint density at radius 3 is 2.00 bits per heavy atom. The van der Waals surface area contributed by atoms with Crippen molar-refractivity contribution in [2.75, 3.05) is 55.4 Å². The van der Waals surface area contributed by atoms with Crippen LogP contribution in [0.4, 0.5) is 17.1 Å². The molecule has 2 N–H and O–H groups in total. The third-order valence-electron chi connectivity index (χ3n) is 4.69. The van der Waals surface area contributed by atoms with Crippen molar-refractivity contribution in [1.82, 2.24) is 4.90 Å². The molecule has 28 heavy (non-hydrogen) atoms. The fourth-order valence-corrected chi connectivity index (χ4v) is 3.25. The number of nitrogens with zero attached hydrogens (tertiary/aromatic N) is 2. The largest absolute Gasteiger partial charge is 0.493 e. The van der Waals surface area contributed by atoms with Gasteiger partial charge in [-0.1, -0.05) is 13.8 Å². The Bertz CT molecular complexity index is 753. The van der Waals surface area contributed by atoms with Gasteiger partial charge in [0.1, 0.15) is 5.75 Å². The second kappa shape index (κ2) is 9.75. The second-order valence-corrected chi connectivity index (χ2v) is 8.05. The average Bonchev–Trinajstić information content (AvgIpc) is 2.68. The van der Waals surface area contributed by atoms with Crippen LogP contribution in [0.15, 0.2) is 48.5 Å². The first-order valence-corrected chi connectivity index (χ1v) is 10.2. The number of likely N-dealkylation sites (N-methyl/N-ethyl adjacent to an activating group) is 1. The Morgan fingerprint density at radius 1 is 0.929 bits per heavy atom. The van der Waals surface area contributed by atoms with Crippen LogP contribution in [0.1, 0.15) is 13.8 Å². The van der Waals surface area contributed by atoms with E-state index in [1.54, 1.807) is 0 Å². The van der Waals surface area contributed by atoms with Crippen LogP contribution < -0.4 is 20.3 Å². The molecule has 0 amide bonds. The minimum absolute atomic E-state index is 0.511. The zero-order chi connectivity index (χ0) is 19.9. The monoisotopic (exact) mass is 398 g/mol. The summed E-state index contributed by atoms with van der Waals surface area (Å²) in [6.45, 7) is 9.34. The number of hydrogen-bond donors (Lipinski definition) is 2. The Hall–Kier alpha value is -2.31. The van der Waals surface area contributed by atoms with Crippen molar-refractivity contribution in [2.24, 2.45) is 5.92 Å². The molecule has 0 saturated carbocycles. The number of nitrogens with one attached hydrogen (secondary N) is 2. The molecule has 0 bridgehead atoms. The number of ether oxygens (including phenoxy) is 1. The van der Waals surface area contributed by atoms with Gasteiger partial charge in [-0.2, -0.15) is 0 Å². The predicted molar refractivity (Wildman–Crippen MR) is 123 cm³/mol. The Balaban J connectivity index is 1.49. The molecule has 150 valence electrons. The minimum atomic E-state index is 0.511. The normalized spacial score (nSPS) is 14.8. The third-order valence-corrected chi connectivity index (χ3v) is 4.89. The highest BCUT2D eigenvalue weighted by Crippen LogP contribution is 2.20. The maximum Gasteiger partial charge on any atom is 0.175 e. The smallest absolute Gasteiger partial charge is 0.175 e. The number of thiocarbonyl (C=S) groups is 1. The van der Waals surface area contributed by atoms with Gasteiger partial charge in [0.2, 0.25) is 0 Å². The van der Waals surface area contributed by atoms with Gasteiger partial charge < -0.3 is 25.2 Å². The molecule has 3 rings (SSSR count). The first kappa shape index (κ1) is 20.4. The summed E-state index contributed by atoms with van der Waals surface area (Å²) >= 11 is 5.44. The van der Waals surface area contributed by atoms with Crippen molar-refractivity contribution < 1.29 is 4.74 Å². The first-order chi connectivity index (χ1) is 13.5. The summed E-state index contributed by atoms with van der Waals surface area (Å²) in [5.74, 6) is 1.38. The van der Waals surface area contributed by atoms with E-state index in [4.69, 9.17) is 17.0 Å². The molecule has 6 heteroatoms. The van der Waals surface area contributed by atoms with E-state index in [2.05, 4.69) is 65.6 Å². The van der Waals surface area contributed by atoms with E-state index in [9.17, 15) is 0 Å². The van der Waals surface area contributed by atoms with Crippen LogP contribution in [-0.2, 0) is 0 Å². The van der Waals surface area contributed by atoms with Crippen molar-refractivity contribution in [3.05, 3.63) is 48.5 Å². The summed E-state index contributed by atoms with van der Waals surface area (Å²) in [6, 6.07) is 16.3. The van der Waals surface area contributed by atoms with Crippen LogP contribution in [0.3, 0.4) is 0 Å². The summed E-state index contributed by atoms with van der Waals surface area (Å²) in [5.41, 5.74) is 3.17. The summed E-state index contributed by atoms with van der Waals surface area (Å²) in [5, 5.41) is 7.03. The Morgan fingerprint density at radius 2 is 1.46 bits per heavy atom. The predicted octanol–water partition coefficient (Wildman–Crippen LogP) is 4.28. The highest BCUT2D eigenvalue weighted by atomic mass is 32.1. The van der Waals surface area contributed by atoms with Crippen molar-refractivity contribution in [3.8, 4) is 5.75 Å². The lowest BCUT2D eigenvalue weighted by molar-refractivity contribution is 0.271. The Kier molecular flexibility index (Phi) is 7.12. The molecule has 0 spiro atoms. The summed E-state index contributed by atoms with van der Waals surface area (Å²) in [6.07, 6.45) is 0. The standard InChI is InChI=1S/C22H30N4OS/c1-17(2)16-27-21-10-6-19(7-11-21)24-22(28)23-18-4-8-20(9-5-18)26-14-12-25(3)13-15-26/h4-11,17H,12-16H2,1-3H3,(H2,23,24,28). The molecule has 0 radical (unpaired) electrons. The van der Waals surface area contributed by atoms with Crippen molar-refractivity contribution in [3.63, 3.8) is 0 Å². The van der Waals surface area contributed by atoms with Crippen molar-refractivity contribution >= 4 is 34.4 Å². The zero-order valence-corrected chi connectivity index (χ0v) is 17.8. The van der Waals surface area contributed by atoms with Gasteiger partial charge in [-0.15, -0.1) is 0 Å². The molecule has 5 nitrogen and oxygen atoms in total. The van der Waals surface area contributed by atoms with Crippen LogP contribution in [0, 0.1) is 5.92 Å². The van der Waals surface area contributed by atoms with Gasteiger partial charge in [0.15, 0.2) is 5.11 Å². The van der Waals surface area contributed by atoms with Crippen LogP contribution in [0.2, 0.25) is 0 Å². The van der Waals surface area contributed by atoms with Crippen LogP contribution in [0.5, 0.6) is 5.75 Å². The van der Waals surface area contributed by atoms with Crippen molar-refractivity contribution in [2.45, 2.75) is 13.8 Å². The van der Waals surface area contributed by atoms with Gasteiger partial charge in [0.25, 0.3) is 0 Å². The third kappa shape index (κ3) is 6.11. The lowest BCUT2D eigenvalue weighted by atomic mass is 10.2. The van der Waals surface area contributed by atoms with E-state index in [1.807, 2.05) is 24.3 Å². The highest BCUT2D eigenvalue weighted by molar-refractivity contribution is 7.80. The number of hydrogen-bond acceptors (Lipinski definition) is 4. The number of benzene rings is 2. The zero-order valence-electron chi connectivity index (χ0n) is 16.9. The summed E-state index contributed by atoms with van der Waals surface area (Å²) in [7, 11) is 2.17. The summed E-state index contributed by atoms with van der Waals surface area (Å²) in [4.78, 5) is 4.78. The molecular weight excluding hydrogens is 368 g/mol.